The Hall–Kier alpha value is -1.07. The van der Waals surface area contributed by atoms with Gasteiger partial charge in [-0.1, -0.05) is 15.9 Å². The van der Waals surface area contributed by atoms with Gasteiger partial charge in [0.05, 0.1) is 11.7 Å². The topological polar surface area (TPSA) is 41.6 Å². The van der Waals surface area contributed by atoms with Crippen molar-refractivity contribution in [2.75, 3.05) is 26.7 Å². The standard InChI is InChI=1S/C18H27BrN2O2/c1-13(2)23-17-12-15(19)4-5-16(17)18(22)21-10-7-14(8-11-21)6-9-20-3/h4-5,12-14,20H,6-11H2,1-3H3. The lowest BCUT2D eigenvalue weighted by Gasteiger charge is -2.32. The molecular weight excluding hydrogens is 356 g/mol. The Balaban J connectivity index is 2.03. The van der Waals surface area contributed by atoms with Gasteiger partial charge in [0.15, 0.2) is 0 Å². The molecule has 1 fully saturated rings. The summed E-state index contributed by atoms with van der Waals surface area (Å²) in [7, 11) is 1.99. The minimum absolute atomic E-state index is 0.0446. The van der Waals surface area contributed by atoms with Crippen LogP contribution in [0, 0.1) is 5.92 Å². The molecule has 0 aromatic heterocycles. The van der Waals surface area contributed by atoms with Crippen molar-refractivity contribution in [1.82, 2.24) is 10.2 Å². The molecule has 1 aromatic carbocycles. The van der Waals surface area contributed by atoms with Crippen LogP contribution in [-0.4, -0.2) is 43.6 Å². The van der Waals surface area contributed by atoms with Crippen molar-refractivity contribution >= 4 is 21.8 Å². The lowest BCUT2D eigenvalue weighted by atomic mass is 9.93. The number of benzene rings is 1. The number of amides is 1. The van der Waals surface area contributed by atoms with Crippen LogP contribution < -0.4 is 10.1 Å². The largest absolute Gasteiger partial charge is 0.490 e. The van der Waals surface area contributed by atoms with Crippen molar-refractivity contribution in [3.63, 3.8) is 0 Å². The fraction of sp³-hybridized carbons (Fsp3) is 0.611. The molecule has 0 aliphatic carbocycles. The molecule has 4 nitrogen and oxygen atoms in total. The highest BCUT2D eigenvalue weighted by molar-refractivity contribution is 9.10. The van der Waals surface area contributed by atoms with Gasteiger partial charge in [-0.15, -0.1) is 0 Å². The summed E-state index contributed by atoms with van der Waals surface area (Å²) >= 11 is 3.45. The van der Waals surface area contributed by atoms with Gasteiger partial charge >= 0.3 is 0 Å². The van der Waals surface area contributed by atoms with Crippen molar-refractivity contribution < 1.29 is 9.53 Å². The van der Waals surface area contributed by atoms with Gasteiger partial charge < -0.3 is 15.0 Å². The van der Waals surface area contributed by atoms with E-state index in [2.05, 4.69) is 21.2 Å². The second kappa shape index (κ2) is 8.69. The van der Waals surface area contributed by atoms with E-state index in [9.17, 15) is 4.79 Å². The molecule has 0 saturated carbocycles. The molecule has 1 aliphatic heterocycles. The summed E-state index contributed by atoms with van der Waals surface area (Å²) in [6, 6.07) is 5.64. The number of nitrogens with one attached hydrogen (secondary N) is 1. The molecule has 0 radical (unpaired) electrons. The van der Waals surface area contributed by atoms with Crippen LogP contribution in [0.25, 0.3) is 0 Å². The van der Waals surface area contributed by atoms with E-state index in [0.717, 1.165) is 42.9 Å². The highest BCUT2D eigenvalue weighted by Gasteiger charge is 2.25. The Labute approximate surface area is 147 Å². The number of ether oxygens (including phenoxy) is 1. The molecule has 0 atom stereocenters. The summed E-state index contributed by atoms with van der Waals surface area (Å²) in [5.41, 5.74) is 0.663. The van der Waals surface area contributed by atoms with Crippen molar-refractivity contribution in [3.8, 4) is 5.75 Å². The van der Waals surface area contributed by atoms with Gasteiger partial charge in [0.1, 0.15) is 5.75 Å². The summed E-state index contributed by atoms with van der Waals surface area (Å²) in [5.74, 6) is 1.47. The monoisotopic (exact) mass is 382 g/mol. The number of carbonyl (C=O) groups is 1. The average Bonchev–Trinajstić information content (AvgIpc) is 2.52. The number of halogens is 1. The molecule has 5 heteroatoms. The minimum atomic E-state index is 0.0446. The zero-order valence-electron chi connectivity index (χ0n) is 14.3. The van der Waals surface area contributed by atoms with E-state index in [0.29, 0.717) is 11.3 Å². The Kier molecular flexibility index (Phi) is 6.90. The SMILES string of the molecule is CNCCC1CCN(C(=O)c2ccc(Br)cc2OC(C)C)CC1. The van der Waals surface area contributed by atoms with Gasteiger partial charge in [0, 0.05) is 17.6 Å². The highest BCUT2D eigenvalue weighted by atomic mass is 79.9. The number of hydrogen-bond donors (Lipinski definition) is 1. The van der Waals surface area contributed by atoms with Crippen LogP contribution in [0.2, 0.25) is 0 Å². The first-order valence-electron chi connectivity index (χ1n) is 8.41. The predicted octanol–water partition coefficient (Wildman–Crippen LogP) is 3.70. The predicted molar refractivity (Wildman–Crippen MR) is 97.1 cm³/mol. The first kappa shape index (κ1) is 18.3. The summed E-state index contributed by atoms with van der Waals surface area (Å²) < 4.78 is 6.75. The Morgan fingerprint density at radius 3 is 2.70 bits per heavy atom. The van der Waals surface area contributed by atoms with Crippen molar-refractivity contribution in [3.05, 3.63) is 28.2 Å². The number of carbonyl (C=O) groups excluding carboxylic acids is 1. The van der Waals surface area contributed by atoms with E-state index >= 15 is 0 Å². The molecule has 23 heavy (non-hydrogen) atoms. The second-order valence-electron chi connectivity index (χ2n) is 6.43. The van der Waals surface area contributed by atoms with E-state index in [1.165, 1.54) is 6.42 Å². The van der Waals surface area contributed by atoms with Gasteiger partial charge in [0.2, 0.25) is 0 Å². The van der Waals surface area contributed by atoms with Gasteiger partial charge in [-0.2, -0.15) is 0 Å². The van der Waals surface area contributed by atoms with E-state index in [1.54, 1.807) is 0 Å². The third-order valence-electron chi connectivity index (χ3n) is 4.24. The van der Waals surface area contributed by atoms with Crippen molar-refractivity contribution in [2.24, 2.45) is 5.92 Å². The lowest BCUT2D eigenvalue weighted by Crippen LogP contribution is -2.39. The van der Waals surface area contributed by atoms with Crippen LogP contribution in [0.5, 0.6) is 5.75 Å². The Morgan fingerprint density at radius 1 is 1.39 bits per heavy atom. The molecule has 1 amide bonds. The maximum atomic E-state index is 12.9. The molecule has 1 N–H and O–H groups in total. The summed E-state index contributed by atoms with van der Waals surface area (Å²) in [6.45, 7) is 6.68. The Morgan fingerprint density at radius 2 is 2.09 bits per heavy atom. The van der Waals surface area contributed by atoms with Crippen LogP contribution in [-0.2, 0) is 0 Å². The summed E-state index contributed by atoms with van der Waals surface area (Å²) in [5, 5.41) is 3.20. The van der Waals surface area contributed by atoms with Crippen LogP contribution >= 0.6 is 15.9 Å². The van der Waals surface area contributed by atoms with Crippen LogP contribution in [0.4, 0.5) is 0 Å². The maximum absolute atomic E-state index is 12.9. The normalized spacial score (nSPS) is 16.0. The smallest absolute Gasteiger partial charge is 0.257 e. The molecule has 2 rings (SSSR count). The van der Waals surface area contributed by atoms with Gasteiger partial charge in [-0.05, 0) is 70.8 Å². The van der Waals surface area contributed by atoms with E-state index in [1.807, 2.05) is 44.0 Å². The maximum Gasteiger partial charge on any atom is 0.257 e. The first-order chi connectivity index (χ1) is 11.0. The first-order valence-corrected chi connectivity index (χ1v) is 9.20. The Bertz CT molecular complexity index is 526. The third-order valence-corrected chi connectivity index (χ3v) is 4.73. The highest BCUT2D eigenvalue weighted by Crippen LogP contribution is 2.28. The van der Waals surface area contributed by atoms with E-state index in [4.69, 9.17) is 4.74 Å². The minimum Gasteiger partial charge on any atom is -0.490 e. The summed E-state index contributed by atoms with van der Waals surface area (Å²) in [4.78, 5) is 14.8. The quantitative estimate of drug-likeness (QED) is 0.815. The average molecular weight is 383 g/mol. The summed E-state index contributed by atoms with van der Waals surface area (Å²) in [6.07, 6.45) is 3.41. The molecule has 0 spiro atoms. The van der Waals surface area contributed by atoms with Crippen LogP contribution in [0.1, 0.15) is 43.5 Å². The van der Waals surface area contributed by atoms with Gasteiger partial charge in [-0.3, -0.25) is 4.79 Å². The van der Waals surface area contributed by atoms with Gasteiger partial charge in [0.25, 0.3) is 5.91 Å². The lowest BCUT2D eigenvalue weighted by molar-refractivity contribution is 0.0681. The fourth-order valence-corrected chi connectivity index (χ4v) is 3.31. The number of nitrogens with zero attached hydrogens (tertiary/aromatic N) is 1. The van der Waals surface area contributed by atoms with E-state index < -0.39 is 0 Å². The molecule has 1 aliphatic rings. The number of rotatable bonds is 6. The zero-order valence-corrected chi connectivity index (χ0v) is 15.9. The van der Waals surface area contributed by atoms with E-state index in [-0.39, 0.29) is 12.0 Å². The van der Waals surface area contributed by atoms with Crippen LogP contribution in [0.3, 0.4) is 0 Å². The molecular formula is C18H27BrN2O2. The molecule has 0 unspecified atom stereocenters. The molecule has 1 heterocycles. The van der Waals surface area contributed by atoms with Crippen LogP contribution in [0.15, 0.2) is 22.7 Å². The molecule has 1 aromatic rings. The number of piperidine rings is 1. The molecule has 1 saturated heterocycles. The fourth-order valence-electron chi connectivity index (χ4n) is 2.97. The molecule has 128 valence electrons. The van der Waals surface area contributed by atoms with Crippen molar-refractivity contribution in [2.45, 2.75) is 39.2 Å². The molecule has 0 bridgehead atoms. The zero-order chi connectivity index (χ0) is 16.8. The number of hydrogen-bond acceptors (Lipinski definition) is 3. The van der Waals surface area contributed by atoms with Gasteiger partial charge in [-0.25, -0.2) is 0 Å². The van der Waals surface area contributed by atoms with Crippen molar-refractivity contribution in [1.29, 1.82) is 0 Å². The second-order valence-corrected chi connectivity index (χ2v) is 7.35. The third kappa shape index (κ3) is 5.21. The number of likely N-dealkylation sites (tertiary alicyclic amines) is 1.